The lowest BCUT2D eigenvalue weighted by Crippen LogP contribution is -2.20. The van der Waals surface area contributed by atoms with Crippen molar-refractivity contribution in [2.45, 2.75) is 38.2 Å². The Kier molecular flexibility index (Phi) is 5.20. The molecule has 0 spiro atoms. The van der Waals surface area contributed by atoms with Gasteiger partial charge in [-0.25, -0.2) is 0 Å². The van der Waals surface area contributed by atoms with Gasteiger partial charge in [-0.3, -0.25) is 4.79 Å². The highest BCUT2D eigenvalue weighted by atomic mass is 16.6. The van der Waals surface area contributed by atoms with Crippen molar-refractivity contribution >= 4 is 11.5 Å². The van der Waals surface area contributed by atoms with Gasteiger partial charge in [0.15, 0.2) is 5.71 Å². The first-order valence-corrected chi connectivity index (χ1v) is 8.23. The van der Waals surface area contributed by atoms with Gasteiger partial charge in [-0.2, -0.15) is 0 Å². The number of hydrogen-bond donors (Lipinski definition) is 0. The first kappa shape index (κ1) is 15.5. The molecule has 118 valence electrons. The Morgan fingerprint density at radius 3 is 2.00 bits per heavy atom. The molecule has 2 aromatic carbocycles. The summed E-state index contributed by atoms with van der Waals surface area (Å²) in [7, 11) is 0. The third-order valence-electron chi connectivity index (χ3n) is 4.14. The molecule has 0 unspecified atom stereocenters. The summed E-state index contributed by atoms with van der Waals surface area (Å²) in [6, 6.07) is 18.8. The largest absolute Gasteiger partial charge is 0.392 e. The zero-order valence-electron chi connectivity index (χ0n) is 13.2. The van der Waals surface area contributed by atoms with Gasteiger partial charge in [-0.05, 0) is 25.7 Å². The fourth-order valence-electron chi connectivity index (χ4n) is 2.85. The third-order valence-corrected chi connectivity index (χ3v) is 4.14. The van der Waals surface area contributed by atoms with Gasteiger partial charge >= 0.3 is 0 Å². The van der Waals surface area contributed by atoms with Gasteiger partial charge in [-0.15, -0.1) is 0 Å². The highest BCUT2D eigenvalue weighted by molar-refractivity contribution is 6.51. The van der Waals surface area contributed by atoms with Crippen LogP contribution in [0.15, 0.2) is 65.8 Å². The Morgan fingerprint density at radius 2 is 1.39 bits per heavy atom. The summed E-state index contributed by atoms with van der Waals surface area (Å²) in [6.07, 6.45) is 5.78. The van der Waals surface area contributed by atoms with E-state index in [0.29, 0.717) is 11.3 Å². The summed E-state index contributed by atoms with van der Waals surface area (Å²) in [5.74, 6) is -0.104. The monoisotopic (exact) mass is 307 g/mol. The maximum Gasteiger partial charge on any atom is 0.215 e. The predicted octanol–water partition coefficient (Wildman–Crippen LogP) is 4.62. The standard InChI is InChI=1S/C20H21NO2/c22-20(17-12-6-2-7-13-17)19(16-10-4-1-5-11-16)21-23-18-14-8-3-9-15-18/h1-2,4-7,10-13,18H,3,8-9,14-15H2. The Balaban J connectivity index is 1.86. The first-order valence-electron chi connectivity index (χ1n) is 8.23. The SMILES string of the molecule is O=C(C(=NOC1CCCCC1)c1ccccc1)c1ccccc1. The maximum absolute atomic E-state index is 12.8. The van der Waals surface area contributed by atoms with Crippen molar-refractivity contribution in [2.24, 2.45) is 5.16 Å². The van der Waals surface area contributed by atoms with Crippen molar-refractivity contribution in [1.29, 1.82) is 0 Å². The molecule has 0 amide bonds. The second-order valence-electron chi connectivity index (χ2n) is 5.87. The molecule has 3 nitrogen and oxygen atoms in total. The topological polar surface area (TPSA) is 38.7 Å². The van der Waals surface area contributed by atoms with Crippen LogP contribution in [0.2, 0.25) is 0 Å². The smallest absolute Gasteiger partial charge is 0.215 e. The number of nitrogens with zero attached hydrogens (tertiary/aromatic N) is 1. The average Bonchev–Trinajstić information content (AvgIpc) is 2.64. The molecule has 23 heavy (non-hydrogen) atoms. The number of rotatable bonds is 5. The van der Waals surface area contributed by atoms with Crippen LogP contribution < -0.4 is 0 Å². The molecular weight excluding hydrogens is 286 g/mol. The van der Waals surface area contributed by atoms with Crippen LogP contribution in [0.1, 0.15) is 48.0 Å². The highest BCUT2D eigenvalue weighted by Crippen LogP contribution is 2.21. The molecular formula is C20H21NO2. The Labute approximate surface area is 137 Å². The van der Waals surface area contributed by atoms with Crippen LogP contribution in [-0.2, 0) is 4.84 Å². The van der Waals surface area contributed by atoms with E-state index in [1.807, 2.05) is 48.5 Å². The van der Waals surface area contributed by atoms with Gasteiger partial charge in [0, 0.05) is 11.1 Å². The molecule has 0 heterocycles. The molecule has 0 atom stereocenters. The molecule has 3 rings (SSSR count). The van der Waals surface area contributed by atoms with Crippen LogP contribution in [0.3, 0.4) is 0 Å². The number of benzene rings is 2. The minimum atomic E-state index is -0.104. The maximum atomic E-state index is 12.8. The van der Waals surface area contributed by atoms with Crippen molar-refractivity contribution in [2.75, 3.05) is 0 Å². The summed E-state index contributed by atoms with van der Waals surface area (Å²) < 4.78 is 0. The fourth-order valence-corrected chi connectivity index (χ4v) is 2.85. The van der Waals surface area contributed by atoms with E-state index in [2.05, 4.69) is 5.16 Å². The lowest BCUT2D eigenvalue weighted by molar-refractivity contribution is 0.0327. The number of ketones is 1. The number of carbonyl (C=O) groups is 1. The fraction of sp³-hybridized carbons (Fsp3) is 0.300. The molecule has 1 saturated carbocycles. The van der Waals surface area contributed by atoms with E-state index in [-0.39, 0.29) is 11.9 Å². The van der Waals surface area contributed by atoms with Gasteiger partial charge in [-0.1, -0.05) is 72.2 Å². The summed E-state index contributed by atoms with van der Waals surface area (Å²) in [4.78, 5) is 18.5. The van der Waals surface area contributed by atoms with Crippen molar-refractivity contribution in [3.8, 4) is 0 Å². The van der Waals surface area contributed by atoms with E-state index in [1.165, 1.54) is 19.3 Å². The van der Waals surface area contributed by atoms with Crippen molar-refractivity contribution < 1.29 is 9.63 Å². The summed E-state index contributed by atoms with van der Waals surface area (Å²) >= 11 is 0. The van der Waals surface area contributed by atoms with E-state index in [0.717, 1.165) is 18.4 Å². The van der Waals surface area contributed by atoms with Crippen LogP contribution in [0.25, 0.3) is 0 Å². The van der Waals surface area contributed by atoms with Crippen LogP contribution >= 0.6 is 0 Å². The molecule has 1 fully saturated rings. The van der Waals surface area contributed by atoms with Crippen molar-refractivity contribution in [3.63, 3.8) is 0 Å². The quantitative estimate of drug-likeness (QED) is 0.459. The molecule has 0 radical (unpaired) electrons. The molecule has 1 aliphatic rings. The number of Topliss-reactive ketones (excluding diaryl/α,β-unsaturated/α-hetero) is 1. The minimum absolute atomic E-state index is 0.104. The Bertz CT molecular complexity index is 659. The molecule has 1 aliphatic carbocycles. The second-order valence-corrected chi connectivity index (χ2v) is 5.87. The van der Waals surface area contributed by atoms with E-state index in [4.69, 9.17) is 4.84 Å². The third kappa shape index (κ3) is 4.07. The number of oxime groups is 1. The second kappa shape index (κ2) is 7.73. The van der Waals surface area contributed by atoms with Crippen molar-refractivity contribution in [3.05, 3.63) is 71.8 Å². The molecule has 0 aliphatic heterocycles. The highest BCUT2D eigenvalue weighted by Gasteiger charge is 2.19. The lowest BCUT2D eigenvalue weighted by Gasteiger charge is -2.19. The molecule has 0 N–H and O–H groups in total. The van der Waals surface area contributed by atoms with Crippen LogP contribution in [0, 0.1) is 0 Å². The van der Waals surface area contributed by atoms with Gasteiger partial charge in [0.2, 0.25) is 5.78 Å². The predicted molar refractivity (Wildman–Crippen MR) is 91.7 cm³/mol. The summed E-state index contributed by atoms with van der Waals surface area (Å²) in [5.41, 5.74) is 1.79. The van der Waals surface area contributed by atoms with Gasteiger partial charge in [0.05, 0.1) is 0 Å². The molecule has 0 aromatic heterocycles. The normalized spacial score (nSPS) is 16.1. The van der Waals surface area contributed by atoms with E-state index >= 15 is 0 Å². The molecule has 0 bridgehead atoms. The first-order chi connectivity index (χ1) is 11.3. The zero-order valence-corrected chi connectivity index (χ0v) is 13.2. The number of carbonyl (C=O) groups excluding carboxylic acids is 1. The number of hydrogen-bond acceptors (Lipinski definition) is 3. The van der Waals surface area contributed by atoms with Gasteiger partial charge < -0.3 is 4.84 Å². The van der Waals surface area contributed by atoms with Gasteiger partial charge in [0.1, 0.15) is 6.10 Å². The van der Waals surface area contributed by atoms with Gasteiger partial charge in [0.25, 0.3) is 0 Å². The van der Waals surface area contributed by atoms with Crippen LogP contribution in [0.5, 0.6) is 0 Å². The Morgan fingerprint density at radius 1 is 0.826 bits per heavy atom. The minimum Gasteiger partial charge on any atom is -0.392 e. The van der Waals surface area contributed by atoms with Crippen molar-refractivity contribution in [1.82, 2.24) is 0 Å². The average molecular weight is 307 g/mol. The van der Waals surface area contributed by atoms with Crippen LogP contribution in [-0.4, -0.2) is 17.6 Å². The molecule has 3 heteroatoms. The molecule has 0 saturated heterocycles. The zero-order chi connectivity index (χ0) is 15.9. The summed E-state index contributed by atoms with van der Waals surface area (Å²) in [5, 5.41) is 4.26. The lowest BCUT2D eigenvalue weighted by atomic mass is 9.98. The van der Waals surface area contributed by atoms with E-state index in [1.54, 1.807) is 12.1 Å². The molecule has 2 aromatic rings. The Hall–Kier alpha value is -2.42. The van der Waals surface area contributed by atoms with Crippen LogP contribution in [0.4, 0.5) is 0 Å². The summed E-state index contributed by atoms with van der Waals surface area (Å²) in [6.45, 7) is 0. The van der Waals surface area contributed by atoms with E-state index < -0.39 is 0 Å². The van der Waals surface area contributed by atoms with E-state index in [9.17, 15) is 4.79 Å².